The Morgan fingerprint density at radius 2 is 0.367 bits per heavy atom. The molecule has 22 N–H and O–H groups in total. The highest BCUT2D eigenvalue weighted by Crippen LogP contribution is 2.25. The number of carbonyl (C=O) groups excluding carboxylic acids is 8. The van der Waals surface area contributed by atoms with Crippen molar-refractivity contribution in [2.75, 3.05) is 40.0 Å². The van der Waals surface area contributed by atoms with Crippen molar-refractivity contribution in [1.82, 2.24) is 0 Å². The van der Waals surface area contributed by atoms with Crippen LogP contribution in [0.5, 0.6) is 46.0 Å². The molecule has 0 aromatic heterocycles. The maximum atomic E-state index is 12.5. The number of phenolic OH excluding ortho intramolecular Hbond substituents is 4. The van der Waals surface area contributed by atoms with E-state index in [1.54, 1.807) is 72.8 Å². The van der Waals surface area contributed by atoms with Crippen LogP contribution in [0.1, 0.15) is 139 Å². The van der Waals surface area contributed by atoms with E-state index < -0.39 is 73.7 Å². The topological polar surface area (TPSA) is 494 Å². The van der Waals surface area contributed by atoms with Crippen molar-refractivity contribution >= 4 is 47.8 Å². The smallest absolute Gasteiger partial charge is 0.367 e. The van der Waals surface area contributed by atoms with Crippen LogP contribution in [0.25, 0.3) is 0 Å². The fourth-order valence-electron chi connectivity index (χ4n) is 14.5. The van der Waals surface area contributed by atoms with Crippen LogP contribution in [0, 0.1) is 11.8 Å². The normalized spacial score (nSPS) is 12.3. The Morgan fingerprint density at radius 3 is 0.558 bits per heavy atom. The molecule has 780 valence electrons. The largest absolute Gasteiger partial charge is 0.508 e. The molecule has 8 atom stereocenters. The van der Waals surface area contributed by atoms with E-state index in [4.69, 9.17) is 56.8 Å². The zero-order chi connectivity index (χ0) is 104. The first kappa shape index (κ1) is 117. The van der Waals surface area contributed by atoms with E-state index in [1.165, 1.54) is 24.3 Å². The van der Waals surface area contributed by atoms with Gasteiger partial charge in [0.05, 0.1) is 38.3 Å². The van der Waals surface area contributed by atoms with Crippen LogP contribution in [0.15, 0.2) is 315 Å². The zero-order valence-corrected chi connectivity index (χ0v) is 83.2. The molecule has 0 radical (unpaired) electrons. The lowest BCUT2D eigenvalue weighted by atomic mass is 10.0. The van der Waals surface area contributed by atoms with Gasteiger partial charge in [-0.3, -0.25) is 9.59 Å². The van der Waals surface area contributed by atoms with Crippen LogP contribution in [-0.4, -0.2) is 144 Å². The zero-order valence-electron chi connectivity index (χ0n) is 83.2. The Morgan fingerprint density at radius 1 is 0.204 bits per heavy atom. The summed E-state index contributed by atoms with van der Waals surface area (Å²) in [6, 6.07) is 93.3. The van der Waals surface area contributed by atoms with Crippen molar-refractivity contribution in [2.45, 2.75) is 187 Å². The minimum absolute atomic E-state index is 0. The number of ether oxygens (including phenoxy) is 12. The summed E-state index contributed by atoms with van der Waals surface area (Å²) in [5.41, 5.74) is 35.0. The van der Waals surface area contributed by atoms with Gasteiger partial charge < -0.3 is 112 Å². The Hall–Kier alpha value is -15.4. The average molecular weight is 2020 g/mol. The van der Waals surface area contributed by atoms with Crippen LogP contribution in [0.4, 0.5) is 0 Å². The second-order valence-electron chi connectivity index (χ2n) is 35.5. The molecule has 0 saturated heterocycles. The molecule has 12 rings (SSSR count). The lowest BCUT2D eigenvalue weighted by Crippen LogP contribution is -2.67. The van der Waals surface area contributed by atoms with Crippen molar-refractivity contribution < 1.29 is 150 Å². The van der Waals surface area contributed by atoms with Gasteiger partial charge in [-0.2, -0.15) is 0 Å². The molecule has 30 heteroatoms. The summed E-state index contributed by atoms with van der Waals surface area (Å²) in [5.74, 6) is -0.0102. The van der Waals surface area contributed by atoms with Gasteiger partial charge in [-0.05, 0) is 228 Å². The summed E-state index contributed by atoms with van der Waals surface area (Å²) in [5, 5.41) is 37.1. The van der Waals surface area contributed by atoms with Crippen molar-refractivity contribution in [1.29, 1.82) is 0 Å². The molecule has 12 aromatic rings. The molecule has 0 heterocycles. The molecule has 12 aromatic carbocycles. The van der Waals surface area contributed by atoms with Crippen LogP contribution in [0.2, 0.25) is 0 Å². The van der Waals surface area contributed by atoms with Gasteiger partial charge in [0.1, 0.15) is 72.4 Å². The van der Waals surface area contributed by atoms with Gasteiger partial charge in [-0.1, -0.05) is 240 Å². The minimum Gasteiger partial charge on any atom is -0.508 e. The van der Waals surface area contributed by atoms with Crippen molar-refractivity contribution in [3.05, 3.63) is 382 Å². The minimum atomic E-state index is -0.666. The Kier molecular flexibility index (Phi) is 52.3. The van der Waals surface area contributed by atoms with Gasteiger partial charge >= 0.3 is 47.8 Å². The van der Waals surface area contributed by atoms with E-state index in [0.717, 1.165) is 141 Å². The predicted octanol–water partition coefficient (Wildman–Crippen LogP) is 12.0. The van der Waals surface area contributed by atoms with E-state index in [-0.39, 0.29) is 66.1 Å². The molecule has 0 fully saturated rings. The van der Waals surface area contributed by atoms with E-state index >= 15 is 0 Å². The predicted molar refractivity (Wildman–Crippen MR) is 551 cm³/mol. The molecule has 30 nitrogen and oxygen atoms in total. The molecule has 0 bridgehead atoms. The summed E-state index contributed by atoms with van der Waals surface area (Å²) < 4.78 is 64.9. The highest BCUT2D eigenvalue weighted by molar-refractivity contribution is 5.78. The SMILES string of the molecule is C.CC(Cc1ccc(O)cc1)C(=O)OCCCCCCOC(=O)C([NH3+])Cc1ccc(O)cc1.CC(Cc1ccc(OCc2ccccc2)cc1)C(=O)OCCCCCCOC(=O)C([NH3+])Cc1ccc(OCc2ccccc2)cc1.[NH3+]C(Cc1ccc(O)cc1)C(=O)OCOC(=O)C([NH3+])Cc1ccc(O)cc1.[NH3+]C(Cc1ccc(OCc2ccccc2)cc1)C(=O)OCOC(=O)C([NH3+])Cc1ccc(OCc2ccccc2)cc1. The number of unbranched alkanes of at least 4 members (excludes halogenated alkanes) is 6. The second-order valence-corrected chi connectivity index (χ2v) is 35.5. The number of esters is 8. The maximum Gasteiger partial charge on any atom is 0.367 e. The highest BCUT2D eigenvalue weighted by Gasteiger charge is 2.28. The number of hydrogen-bond donors (Lipinski definition) is 10. The number of rotatable bonds is 54. The van der Waals surface area contributed by atoms with Gasteiger partial charge in [0.15, 0.2) is 36.3 Å². The summed E-state index contributed by atoms with van der Waals surface area (Å²) in [6.45, 7) is 6.23. The average Bonchev–Trinajstić information content (AvgIpc) is 0.873. The molecule has 0 aliphatic rings. The molecule has 0 amide bonds. The lowest BCUT2D eigenvalue weighted by Gasteiger charge is -2.12. The molecular formula is C117H144N6O24+6. The number of hydrogen-bond acceptors (Lipinski definition) is 24. The van der Waals surface area contributed by atoms with Crippen LogP contribution >= 0.6 is 0 Å². The number of quaternary nitrogens is 6. The molecule has 0 aliphatic heterocycles. The number of benzene rings is 12. The standard InChI is InChI=1S/C39H45NO6.C33H34N2O6.C25H33NO6.C19H22N2O6.CH4/c1-30(26-31-16-20-35(21-17-31)45-28-33-12-6-4-7-13-33)38(41)43-24-10-2-3-11-25-44-39(42)37(40)27-32-18-22-36(23-19-32)46-29-34-14-8-5-9-15-34;34-30(19-24-11-15-28(16-12-24)38-21-26-7-3-1-4-8-26)32(36)40-23-41-33(37)31(35)20-25-13-17-29(18-14-25)39-22-27-9-5-2-6-10-27;1-18(16-19-6-10-21(27)11-7-19)24(29)31-14-4-2-3-5-15-32-25(30)23(26)17-20-8-12-22(28)13-9-20;20-16(9-12-1-5-14(22)6-2-12)18(24)26-11-27-19(25)17(21)10-13-3-7-15(23)8-4-13;/h4-9,12-23,30,37H,2-3,10-11,24-29,40H2,1H3;1-18,30-31H,19-23,34-35H2;6-13,18,23,27-28H,2-5,14-17,26H2,1H3;1-8,16-17,22-23H,9-11,20-21H2;1H4/p+6. The summed E-state index contributed by atoms with van der Waals surface area (Å²) in [4.78, 5) is 97.6. The third-order valence-electron chi connectivity index (χ3n) is 23.1. The first-order chi connectivity index (χ1) is 70.6. The number of carbonyl (C=O) groups is 8. The van der Waals surface area contributed by atoms with Gasteiger partial charge in [0.2, 0.25) is 13.6 Å². The summed E-state index contributed by atoms with van der Waals surface area (Å²) >= 11 is 0. The van der Waals surface area contributed by atoms with E-state index in [1.807, 2.05) is 232 Å². The van der Waals surface area contributed by atoms with E-state index in [0.29, 0.717) is 104 Å². The van der Waals surface area contributed by atoms with Crippen LogP contribution in [0.3, 0.4) is 0 Å². The highest BCUT2D eigenvalue weighted by atomic mass is 16.7. The summed E-state index contributed by atoms with van der Waals surface area (Å²) in [7, 11) is 0. The molecule has 0 aliphatic carbocycles. The van der Waals surface area contributed by atoms with Crippen LogP contribution < -0.4 is 53.3 Å². The Labute approximate surface area is 859 Å². The Bertz CT molecular complexity index is 5450. The van der Waals surface area contributed by atoms with Crippen molar-refractivity contribution in [2.24, 2.45) is 11.8 Å². The molecule has 147 heavy (non-hydrogen) atoms. The summed E-state index contributed by atoms with van der Waals surface area (Å²) in [6.07, 6.45) is 10.2. The fraction of sp³-hybridized carbons (Fsp3) is 0.316. The van der Waals surface area contributed by atoms with Crippen LogP contribution in [-0.2, 0) is 154 Å². The van der Waals surface area contributed by atoms with Gasteiger partial charge in [0.25, 0.3) is 0 Å². The monoisotopic (exact) mass is 2020 g/mol. The van der Waals surface area contributed by atoms with Gasteiger partial charge in [-0.15, -0.1) is 0 Å². The molecule has 0 saturated carbocycles. The fourth-order valence-corrected chi connectivity index (χ4v) is 14.5. The number of aromatic hydroxyl groups is 4. The van der Waals surface area contributed by atoms with Crippen molar-refractivity contribution in [3.63, 3.8) is 0 Å². The molecule has 0 spiro atoms. The first-order valence-electron chi connectivity index (χ1n) is 49.1. The molecule has 8 unspecified atom stereocenters. The number of phenols is 4. The maximum absolute atomic E-state index is 12.5. The second kappa shape index (κ2) is 65.8. The first-order valence-corrected chi connectivity index (χ1v) is 49.1. The third kappa shape index (κ3) is 46.9. The van der Waals surface area contributed by atoms with Gasteiger partial charge in [-0.25, -0.2) is 28.8 Å². The molecular weight excluding hydrogens is 1870 g/mol. The van der Waals surface area contributed by atoms with Gasteiger partial charge in [0, 0.05) is 38.5 Å². The quantitative estimate of drug-likeness (QED) is 0.00732. The van der Waals surface area contributed by atoms with E-state index in [2.05, 4.69) is 34.4 Å². The lowest BCUT2D eigenvalue weighted by molar-refractivity contribution is -0.411. The third-order valence-corrected chi connectivity index (χ3v) is 23.1. The Balaban J connectivity index is 0.000000243. The van der Waals surface area contributed by atoms with E-state index in [9.17, 15) is 58.8 Å². The van der Waals surface area contributed by atoms with Crippen molar-refractivity contribution in [3.8, 4) is 46.0 Å².